The maximum atomic E-state index is 3.21. The van der Waals surface area contributed by atoms with E-state index in [2.05, 4.69) is 26.1 Å². The summed E-state index contributed by atoms with van der Waals surface area (Å²) in [4.78, 5) is 0. The topological polar surface area (TPSA) is 12.0 Å². The maximum Gasteiger partial charge on any atom is 0.00102 e. The molecule has 0 aromatic carbocycles. The van der Waals surface area contributed by atoms with Crippen LogP contribution in [-0.2, 0) is 0 Å². The highest BCUT2D eigenvalue weighted by atomic mass is 35.5. The Bertz CT molecular complexity index is 31.6. The molecule has 0 aliphatic carbocycles. The zero-order valence-electron chi connectivity index (χ0n) is 5.60. The zero-order valence-corrected chi connectivity index (χ0v) is 7.23. The van der Waals surface area contributed by atoms with Gasteiger partial charge >= 0.3 is 0 Å². The summed E-state index contributed by atoms with van der Waals surface area (Å²) in [5.41, 5.74) is 0. The third-order valence-electron chi connectivity index (χ3n) is 0.612. The number of hydrogen-bond donors (Lipinski definition) is 1. The standard InChI is InChI=1S/C5H13N.2ClH/c1-4-6-5(2)3;;/h5-6H,4H2,1-3H3;2*1H. The number of hydrogen-bond acceptors (Lipinski definition) is 1. The molecule has 0 rings (SSSR count). The van der Waals surface area contributed by atoms with E-state index >= 15 is 0 Å². The Balaban J connectivity index is -0.000000125. The highest BCUT2D eigenvalue weighted by molar-refractivity contribution is 5.85. The van der Waals surface area contributed by atoms with Gasteiger partial charge in [0.1, 0.15) is 0 Å². The van der Waals surface area contributed by atoms with E-state index in [4.69, 9.17) is 0 Å². The molecule has 3 heteroatoms. The Labute approximate surface area is 64.1 Å². The molecule has 0 saturated heterocycles. The van der Waals surface area contributed by atoms with Crippen LogP contribution in [0.15, 0.2) is 0 Å². The monoisotopic (exact) mass is 159 g/mol. The second kappa shape index (κ2) is 10.5. The van der Waals surface area contributed by atoms with Crippen LogP contribution < -0.4 is 5.32 Å². The molecule has 0 heterocycles. The molecular formula is C5H15Cl2N. The molecule has 1 nitrogen and oxygen atoms in total. The Hall–Kier alpha value is 0.540. The molecule has 0 aliphatic rings. The van der Waals surface area contributed by atoms with Crippen molar-refractivity contribution in [3.63, 3.8) is 0 Å². The first kappa shape index (κ1) is 15.8. The first-order valence-electron chi connectivity index (χ1n) is 2.50. The van der Waals surface area contributed by atoms with Crippen LogP contribution in [-0.4, -0.2) is 12.6 Å². The Morgan fingerprint density at radius 2 is 1.62 bits per heavy atom. The second-order valence-electron chi connectivity index (χ2n) is 1.71. The number of halogens is 2. The molecule has 0 aliphatic heterocycles. The highest BCUT2D eigenvalue weighted by Gasteiger charge is 1.82. The molecule has 8 heavy (non-hydrogen) atoms. The van der Waals surface area contributed by atoms with Crippen LogP contribution in [0.5, 0.6) is 0 Å². The van der Waals surface area contributed by atoms with E-state index < -0.39 is 0 Å². The summed E-state index contributed by atoms with van der Waals surface area (Å²) in [6.07, 6.45) is 0. The molecule has 0 radical (unpaired) electrons. The van der Waals surface area contributed by atoms with Gasteiger partial charge < -0.3 is 5.32 Å². The van der Waals surface area contributed by atoms with E-state index in [1.54, 1.807) is 0 Å². The van der Waals surface area contributed by atoms with Crippen LogP contribution >= 0.6 is 24.8 Å². The SMILES string of the molecule is CCNC(C)C.Cl.Cl. The second-order valence-corrected chi connectivity index (χ2v) is 1.71. The zero-order chi connectivity index (χ0) is 4.99. The van der Waals surface area contributed by atoms with Crippen molar-refractivity contribution in [3.8, 4) is 0 Å². The molecular weight excluding hydrogens is 145 g/mol. The quantitative estimate of drug-likeness (QED) is 0.649. The van der Waals surface area contributed by atoms with Gasteiger partial charge in [0.15, 0.2) is 0 Å². The first-order valence-corrected chi connectivity index (χ1v) is 2.50. The predicted molar refractivity (Wildman–Crippen MR) is 43.3 cm³/mol. The maximum absolute atomic E-state index is 3.21. The molecule has 0 atom stereocenters. The van der Waals surface area contributed by atoms with Gasteiger partial charge in [0.25, 0.3) is 0 Å². The van der Waals surface area contributed by atoms with Gasteiger partial charge in [-0.3, -0.25) is 0 Å². The number of nitrogens with one attached hydrogen (secondary N) is 1. The number of rotatable bonds is 2. The van der Waals surface area contributed by atoms with E-state index in [0.717, 1.165) is 6.54 Å². The van der Waals surface area contributed by atoms with Crippen molar-refractivity contribution in [1.82, 2.24) is 5.32 Å². The van der Waals surface area contributed by atoms with Crippen LogP contribution in [0.25, 0.3) is 0 Å². The molecule has 0 aromatic rings. The van der Waals surface area contributed by atoms with E-state index in [0.29, 0.717) is 6.04 Å². The minimum Gasteiger partial charge on any atom is -0.315 e. The van der Waals surface area contributed by atoms with Crippen molar-refractivity contribution in [2.75, 3.05) is 6.54 Å². The van der Waals surface area contributed by atoms with Crippen molar-refractivity contribution in [1.29, 1.82) is 0 Å². The average Bonchev–Trinajstić information content (AvgIpc) is 1.35. The van der Waals surface area contributed by atoms with Gasteiger partial charge in [-0.15, -0.1) is 24.8 Å². The lowest BCUT2D eigenvalue weighted by Gasteiger charge is -2.00. The van der Waals surface area contributed by atoms with Gasteiger partial charge in [-0.25, -0.2) is 0 Å². The van der Waals surface area contributed by atoms with Crippen molar-refractivity contribution < 1.29 is 0 Å². The Morgan fingerprint density at radius 3 is 1.62 bits per heavy atom. The minimum atomic E-state index is 0. The van der Waals surface area contributed by atoms with E-state index in [9.17, 15) is 0 Å². The summed E-state index contributed by atoms with van der Waals surface area (Å²) in [5.74, 6) is 0. The average molecular weight is 160 g/mol. The smallest absolute Gasteiger partial charge is 0.00102 e. The lowest BCUT2D eigenvalue weighted by atomic mass is 10.4. The summed E-state index contributed by atoms with van der Waals surface area (Å²) in [7, 11) is 0. The normalized spacial score (nSPS) is 7.50. The molecule has 0 fully saturated rings. The van der Waals surface area contributed by atoms with E-state index in [1.165, 1.54) is 0 Å². The molecule has 0 saturated carbocycles. The van der Waals surface area contributed by atoms with Crippen molar-refractivity contribution >= 4 is 24.8 Å². The van der Waals surface area contributed by atoms with Crippen molar-refractivity contribution in [3.05, 3.63) is 0 Å². The fourth-order valence-corrected chi connectivity index (χ4v) is 0.408. The van der Waals surface area contributed by atoms with Gasteiger partial charge in [0.2, 0.25) is 0 Å². The third-order valence-corrected chi connectivity index (χ3v) is 0.612. The molecule has 0 unspecified atom stereocenters. The van der Waals surface area contributed by atoms with Crippen molar-refractivity contribution in [2.24, 2.45) is 0 Å². The van der Waals surface area contributed by atoms with Gasteiger partial charge in [0, 0.05) is 6.04 Å². The summed E-state index contributed by atoms with van der Waals surface area (Å²) >= 11 is 0. The van der Waals surface area contributed by atoms with Crippen LogP contribution in [0.1, 0.15) is 20.8 Å². The van der Waals surface area contributed by atoms with Gasteiger partial charge in [-0.05, 0) is 6.54 Å². The van der Waals surface area contributed by atoms with Crippen LogP contribution in [0.4, 0.5) is 0 Å². The molecule has 1 N–H and O–H groups in total. The minimum absolute atomic E-state index is 0. The van der Waals surface area contributed by atoms with Gasteiger partial charge in [-0.2, -0.15) is 0 Å². The predicted octanol–water partition coefficient (Wildman–Crippen LogP) is 1.85. The van der Waals surface area contributed by atoms with Gasteiger partial charge in [-0.1, -0.05) is 20.8 Å². The fraction of sp³-hybridized carbons (Fsp3) is 1.00. The van der Waals surface area contributed by atoms with Gasteiger partial charge in [0.05, 0.1) is 0 Å². The largest absolute Gasteiger partial charge is 0.315 e. The van der Waals surface area contributed by atoms with E-state index in [-0.39, 0.29) is 24.8 Å². The molecule has 0 amide bonds. The highest BCUT2D eigenvalue weighted by Crippen LogP contribution is 1.70. The molecule has 0 spiro atoms. The first-order chi connectivity index (χ1) is 2.77. The van der Waals surface area contributed by atoms with Crippen LogP contribution in [0, 0.1) is 0 Å². The summed E-state index contributed by atoms with van der Waals surface area (Å²) < 4.78 is 0. The van der Waals surface area contributed by atoms with Crippen LogP contribution in [0.3, 0.4) is 0 Å². The van der Waals surface area contributed by atoms with Crippen molar-refractivity contribution in [2.45, 2.75) is 26.8 Å². The summed E-state index contributed by atoms with van der Waals surface area (Å²) in [6.45, 7) is 7.48. The summed E-state index contributed by atoms with van der Waals surface area (Å²) in [6, 6.07) is 0.648. The van der Waals surface area contributed by atoms with E-state index in [1.807, 2.05) is 0 Å². The molecule has 0 aromatic heterocycles. The molecule has 0 bridgehead atoms. The van der Waals surface area contributed by atoms with Crippen LogP contribution in [0.2, 0.25) is 0 Å². The lowest BCUT2D eigenvalue weighted by Crippen LogP contribution is -2.21. The summed E-state index contributed by atoms with van der Waals surface area (Å²) in [5, 5.41) is 3.21. The third kappa shape index (κ3) is 16.0. The fourth-order valence-electron chi connectivity index (χ4n) is 0.408. The Morgan fingerprint density at radius 1 is 1.25 bits per heavy atom. The molecule has 54 valence electrons. The lowest BCUT2D eigenvalue weighted by molar-refractivity contribution is 0.613. The Kier molecular flexibility index (Phi) is 20.8.